The van der Waals surface area contributed by atoms with Crippen LogP contribution in [0, 0.1) is 18.4 Å². The second kappa shape index (κ2) is 7.94. The molecule has 160 valence electrons. The maximum absolute atomic E-state index is 12.5. The molecule has 4 aromatic rings. The third kappa shape index (κ3) is 3.52. The molecule has 3 aromatic heterocycles. The number of amides is 1. The smallest absolute Gasteiger partial charge is 0.257 e. The number of fused-ring (bicyclic) bond motifs is 1. The first kappa shape index (κ1) is 20.0. The average molecular weight is 445 g/mol. The molecule has 0 bridgehead atoms. The molecule has 1 amide bonds. The molecule has 10 heteroatoms. The molecular weight excluding hydrogens is 424 g/mol. The van der Waals surface area contributed by atoms with Crippen LogP contribution in [0.3, 0.4) is 0 Å². The van der Waals surface area contributed by atoms with Gasteiger partial charge in [0.25, 0.3) is 5.91 Å². The maximum Gasteiger partial charge on any atom is 0.257 e. The Balaban J connectivity index is 1.48. The molecule has 0 spiro atoms. The largest absolute Gasteiger partial charge is 0.382 e. The topological polar surface area (TPSA) is 125 Å². The molecule has 1 aliphatic heterocycles. The Labute approximate surface area is 188 Å². The number of hydrogen-bond donors (Lipinski definition) is 2. The third-order valence-corrected chi connectivity index (χ3v) is 6.40. The van der Waals surface area contributed by atoms with E-state index in [-0.39, 0.29) is 11.8 Å². The number of anilines is 2. The minimum absolute atomic E-state index is 0.129. The van der Waals surface area contributed by atoms with Crippen molar-refractivity contribution in [1.82, 2.24) is 24.3 Å². The van der Waals surface area contributed by atoms with Crippen molar-refractivity contribution in [3.05, 3.63) is 59.1 Å². The van der Waals surface area contributed by atoms with Crippen LogP contribution in [0.2, 0.25) is 0 Å². The maximum atomic E-state index is 12.5. The Kier molecular flexibility index (Phi) is 4.95. The number of nitrogens with one attached hydrogen (secondary N) is 1. The van der Waals surface area contributed by atoms with Crippen molar-refractivity contribution >= 4 is 33.7 Å². The Morgan fingerprint density at radius 3 is 2.81 bits per heavy atom. The van der Waals surface area contributed by atoms with E-state index < -0.39 is 0 Å². The lowest BCUT2D eigenvalue weighted by molar-refractivity contribution is 0.102. The number of nitrogen functional groups attached to an aromatic ring is 1. The number of carbonyl (C=O) groups is 1. The first-order valence-corrected chi connectivity index (χ1v) is 11.0. The normalized spacial score (nSPS) is 15.8. The van der Waals surface area contributed by atoms with Gasteiger partial charge in [-0.15, -0.1) is 11.3 Å². The Hall–Kier alpha value is -3.97. The van der Waals surface area contributed by atoms with Gasteiger partial charge in [-0.2, -0.15) is 5.26 Å². The number of carbonyl (C=O) groups excluding carboxylic acids is 1. The van der Waals surface area contributed by atoms with Crippen molar-refractivity contribution in [3.63, 3.8) is 0 Å². The summed E-state index contributed by atoms with van der Waals surface area (Å²) in [6, 6.07) is 7.23. The van der Waals surface area contributed by atoms with Crippen molar-refractivity contribution in [2.45, 2.75) is 19.3 Å². The molecule has 0 radical (unpaired) electrons. The van der Waals surface area contributed by atoms with E-state index in [0.29, 0.717) is 35.3 Å². The van der Waals surface area contributed by atoms with Gasteiger partial charge in [0.15, 0.2) is 11.3 Å². The molecule has 1 unspecified atom stereocenters. The van der Waals surface area contributed by atoms with Gasteiger partial charge in [-0.25, -0.2) is 15.0 Å². The summed E-state index contributed by atoms with van der Waals surface area (Å²) in [7, 11) is 0. The van der Waals surface area contributed by atoms with Crippen LogP contribution in [0.5, 0.6) is 0 Å². The van der Waals surface area contributed by atoms with Crippen molar-refractivity contribution in [2.75, 3.05) is 24.1 Å². The average Bonchev–Trinajstić information content (AvgIpc) is 3.52. The van der Waals surface area contributed by atoms with E-state index in [4.69, 9.17) is 10.7 Å². The number of rotatable bonds is 4. The molecule has 1 aromatic carbocycles. The number of nitrogens with zero attached hydrogens (tertiary/aromatic N) is 6. The Bertz CT molecular complexity index is 1350. The molecule has 3 N–H and O–H groups in total. The van der Waals surface area contributed by atoms with Crippen LogP contribution in [0.1, 0.15) is 33.4 Å². The van der Waals surface area contributed by atoms with Crippen molar-refractivity contribution in [3.8, 4) is 17.5 Å². The fourth-order valence-electron chi connectivity index (χ4n) is 4.00. The first-order valence-electron chi connectivity index (χ1n) is 10.1. The van der Waals surface area contributed by atoms with Crippen LogP contribution in [-0.2, 0) is 0 Å². The van der Waals surface area contributed by atoms with E-state index in [1.165, 1.54) is 11.3 Å². The summed E-state index contributed by atoms with van der Waals surface area (Å²) in [6.45, 7) is 3.29. The quantitative estimate of drug-likeness (QED) is 0.463. The molecular formula is C22H20N8OS. The molecule has 0 aliphatic carbocycles. The number of aryl methyl sites for hydroxylation is 1. The first-order chi connectivity index (χ1) is 15.5. The molecule has 0 saturated carbocycles. The summed E-state index contributed by atoms with van der Waals surface area (Å²) >= 11 is 1.43. The van der Waals surface area contributed by atoms with Gasteiger partial charge in [-0.1, -0.05) is 12.1 Å². The van der Waals surface area contributed by atoms with Gasteiger partial charge < -0.3 is 10.6 Å². The molecule has 5 rings (SSSR count). The zero-order chi connectivity index (χ0) is 22.2. The molecule has 1 atom stereocenters. The summed E-state index contributed by atoms with van der Waals surface area (Å²) in [5.74, 6) is 1.16. The van der Waals surface area contributed by atoms with Crippen molar-refractivity contribution in [2.24, 2.45) is 0 Å². The van der Waals surface area contributed by atoms with E-state index in [1.807, 2.05) is 29.7 Å². The summed E-state index contributed by atoms with van der Waals surface area (Å²) < 4.78 is 1.97. The predicted molar refractivity (Wildman–Crippen MR) is 122 cm³/mol. The van der Waals surface area contributed by atoms with Crippen molar-refractivity contribution in [1.29, 1.82) is 5.26 Å². The van der Waals surface area contributed by atoms with Crippen LogP contribution in [-0.4, -0.2) is 43.2 Å². The fourth-order valence-corrected chi connectivity index (χ4v) is 4.66. The molecule has 9 nitrogen and oxygen atoms in total. The Morgan fingerprint density at radius 2 is 2.12 bits per heavy atom. The number of aromatic nitrogens is 4. The van der Waals surface area contributed by atoms with E-state index in [2.05, 4.69) is 21.5 Å². The SMILES string of the molecule is Cc1cnc(NC(=O)c2ccc(-c3nc(C4CCN(C#N)C4)n4ccnc(N)c34)cc2)s1. The van der Waals surface area contributed by atoms with Crippen LogP contribution < -0.4 is 11.1 Å². The predicted octanol–water partition coefficient (Wildman–Crippen LogP) is 3.27. The van der Waals surface area contributed by atoms with Crippen LogP contribution in [0.15, 0.2) is 42.9 Å². The van der Waals surface area contributed by atoms with Gasteiger partial charge in [0.05, 0.1) is 0 Å². The molecule has 1 fully saturated rings. The lowest BCUT2D eigenvalue weighted by atomic mass is 10.1. The zero-order valence-corrected chi connectivity index (χ0v) is 18.1. The van der Waals surface area contributed by atoms with Crippen LogP contribution >= 0.6 is 11.3 Å². The monoisotopic (exact) mass is 444 g/mol. The second-order valence-corrected chi connectivity index (χ2v) is 8.92. The van der Waals surface area contributed by atoms with Crippen LogP contribution in [0.4, 0.5) is 10.9 Å². The number of benzene rings is 1. The summed E-state index contributed by atoms with van der Waals surface area (Å²) in [4.78, 5) is 28.7. The van der Waals surface area contributed by atoms with E-state index in [0.717, 1.165) is 28.2 Å². The van der Waals surface area contributed by atoms with Gasteiger partial charge in [0, 0.05) is 53.6 Å². The number of nitrogens with two attached hydrogens (primary N) is 1. The van der Waals surface area contributed by atoms with Gasteiger partial charge in [-0.05, 0) is 25.5 Å². The van der Waals surface area contributed by atoms with Gasteiger partial charge in [0.2, 0.25) is 0 Å². The van der Waals surface area contributed by atoms with E-state index >= 15 is 0 Å². The van der Waals surface area contributed by atoms with Crippen molar-refractivity contribution < 1.29 is 4.79 Å². The fraction of sp³-hybridized carbons (Fsp3) is 0.227. The third-order valence-electron chi connectivity index (χ3n) is 5.57. The minimum atomic E-state index is -0.218. The highest BCUT2D eigenvalue weighted by Crippen LogP contribution is 2.34. The second-order valence-electron chi connectivity index (χ2n) is 7.69. The van der Waals surface area contributed by atoms with Gasteiger partial charge in [-0.3, -0.25) is 14.5 Å². The number of nitriles is 1. The number of imidazole rings is 1. The number of hydrogen-bond acceptors (Lipinski definition) is 8. The summed E-state index contributed by atoms with van der Waals surface area (Å²) in [6.07, 6.45) is 8.30. The Morgan fingerprint density at radius 1 is 1.31 bits per heavy atom. The minimum Gasteiger partial charge on any atom is -0.382 e. The molecule has 32 heavy (non-hydrogen) atoms. The van der Waals surface area contributed by atoms with E-state index in [1.54, 1.807) is 29.4 Å². The highest BCUT2D eigenvalue weighted by Gasteiger charge is 2.28. The van der Waals surface area contributed by atoms with Gasteiger partial charge >= 0.3 is 0 Å². The highest BCUT2D eigenvalue weighted by atomic mass is 32.1. The molecule has 1 saturated heterocycles. The molecule has 4 heterocycles. The lowest BCUT2D eigenvalue weighted by Gasteiger charge is -2.08. The lowest BCUT2D eigenvalue weighted by Crippen LogP contribution is -2.14. The van der Waals surface area contributed by atoms with Gasteiger partial charge in [0.1, 0.15) is 22.9 Å². The van der Waals surface area contributed by atoms with Crippen LogP contribution in [0.25, 0.3) is 16.8 Å². The number of thiazole rings is 1. The summed E-state index contributed by atoms with van der Waals surface area (Å²) in [5.41, 5.74) is 9.03. The number of likely N-dealkylation sites (tertiary alicyclic amines) is 1. The highest BCUT2D eigenvalue weighted by molar-refractivity contribution is 7.15. The standard InChI is InChI=1S/C22H20N8OS/c1-13-10-26-22(32-13)28-21(31)15-4-2-14(3-5-15)17-18-19(24)25-7-9-30(18)20(27-17)16-6-8-29(11-16)12-23/h2-5,7,9-10,16H,6,8,11H2,1H3,(H2,24,25)(H,26,28,31). The summed E-state index contributed by atoms with van der Waals surface area (Å²) in [5, 5.41) is 12.6. The zero-order valence-electron chi connectivity index (χ0n) is 17.3. The van der Waals surface area contributed by atoms with E-state index in [9.17, 15) is 10.1 Å². The molecule has 1 aliphatic rings.